The van der Waals surface area contributed by atoms with Crippen molar-refractivity contribution in [3.8, 4) is 5.75 Å². The van der Waals surface area contributed by atoms with Gasteiger partial charge in [-0.2, -0.15) is 0 Å². The molecule has 6 heteroatoms. The predicted octanol–water partition coefficient (Wildman–Crippen LogP) is 2.43. The SMILES string of the molecule is CCOCC(=O)Nc1ccc2c(c1)N(CC)C(=O)C(C)(C)CO2. The van der Waals surface area contributed by atoms with Crippen LogP contribution in [0.2, 0.25) is 0 Å². The molecule has 0 unspecified atom stereocenters. The van der Waals surface area contributed by atoms with Crippen molar-refractivity contribution in [3.05, 3.63) is 18.2 Å². The smallest absolute Gasteiger partial charge is 0.250 e. The molecular formula is C17H24N2O4. The molecule has 0 aromatic heterocycles. The fourth-order valence-corrected chi connectivity index (χ4v) is 2.43. The lowest BCUT2D eigenvalue weighted by molar-refractivity contribution is -0.127. The summed E-state index contributed by atoms with van der Waals surface area (Å²) in [4.78, 5) is 26.1. The molecule has 1 heterocycles. The Morgan fingerprint density at radius 3 is 2.78 bits per heavy atom. The highest BCUT2D eigenvalue weighted by Crippen LogP contribution is 2.38. The third-order valence-electron chi connectivity index (χ3n) is 3.70. The number of hydrogen-bond donors (Lipinski definition) is 1. The molecule has 0 fully saturated rings. The minimum absolute atomic E-state index is 0.00748. The minimum Gasteiger partial charge on any atom is -0.490 e. The normalized spacial score (nSPS) is 16.3. The van der Waals surface area contributed by atoms with Crippen molar-refractivity contribution in [2.75, 3.05) is 36.6 Å². The zero-order valence-electron chi connectivity index (χ0n) is 14.1. The molecule has 23 heavy (non-hydrogen) atoms. The number of amides is 2. The van der Waals surface area contributed by atoms with Crippen LogP contribution in [-0.2, 0) is 14.3 Å². The first-order chi connectivity index (χ1) is 10.9. The summed E-state index contributed by atoms with van der Waals surface area (Å²) in [6.07, 6.45) is 0. The summed E-state index contributed by atoms with van der Waals surface area (Å²) in [5.41, 5.74) is 0.702. The Hall–Kier alpha value is -2.08. The van der Waals surface area contributed by atoms with Gasteiger partial charge in [0.2, 0.25) is 11.8 Å². The maximum Gasteiger partial charge on any atom is 0.250 e. The van der Waals surface area contributed by atoms with Crippen LogP contribution in [0.5, 0.6) is 5.75 Å². The van der Waals surface area contributed by atoms with E-state index in [4.69, 9.17) is 9.47 Å². The van der Waals surface area contributed by atoms with E-state index in [1.807, 2.05) is 27.7 Å². The average Bonchev–Trinajstić information content (AvgIpc) is 2.61. The van der Waals surface area contributed by atoms with Gasteiger partial charge in [0, 0.05) is 18.8 Å². The summed E-state index contributed by atoms with van der Waals surface area (Å²) < 4.78 is 10.9. The Bertz CT molecular complexity index is 598. The molecule has 2 amide bonds. The maximum absolute atomic E-state index is 12.7. The van der Waals surface area contributed by atoms with Crippen LogP contribution in [0.4, 0.5) is 11.4 Å². The maximum atomic E-state index is 12.7. The van der Waals surface area contributed by atoms with Gasteiger partial charge in [-0.05, 0) is 45.9 Å². The molecule has 1 aliphatic heterocycles. The van der Waals surface area contributed by atoms with Crippen molar-refractivity contribution in [2.45, 2.75) is 27.7 Å². The molecule has 126 valence electrons. The van der Waals surface area contributed by atoms with Crippen LogP contribution in [0.1, 0.15) is 27.7 Å². The number of hydrogen-bond acceptors (Lipinski definition) is 4. The number of ether oxygens (including phenoxy) is 2. The van der Waals surface area contributed by atoms with Crippen LogP contribution in [0.25, 0.3) is 0 Å². The standard InChI is InChI=1S/C17H24N2O4/c1-5-19-13-9-12(18-15(20)10-22-6-2)7-8-14(13)23-11-17(3,4)16(19)21/h7-9H,5-6,10-11H2,1-4H3,(H,18,20). The average molecular weight is 320 g/mol. The third kappa shape index (κ3) is 3.82. The van der Waals surface area contributed by atoms with E-state index >= 15 is 0 Å². The Balaban J connectivity index is 2.28. The van der Waals surface area contributed by atoms with E-state index in [1.54, 1.807) is 23.1 Å². The minimum atomic E-state index is -0.590. The van der Waals surface area contributed by atoms with E-state index in [9.17, 15) is 9.59 Å². The summed E-state index contributed by atoms with van der Waals surface area (Å²) >= 11 is 0. The van der Waals surface area contributed by atoms with E-state index < -0.39 is 5.41 Å². The van der Waals surface area contributed by atoms with Crippen LogP contribution in [-0.4, -0.2) is 38.2 Å². The van der Waals surface area contributed by atoms with Gasteiger partial charge in [-0.3, -0.25) is 9.59 Å². The largest absolute Gasteiger partial charge is 0.490 e. The highest BCUT2D eigenvalue weighted by molar-refractivity contribution is 6.00. The molecule has 1 aliphatic rings. The lowest BCUT2D eigenvalue weighted by Crippen LogP contribution is -2.42. The highest BCUT2D eigenvalue weighted by atomic mass is 16.5. The molecule has 0 spiro atoms. The molecule has 1 aromatic rings. The molecule has 0 saturated carbocycles. The van der Waals surface area contributed by atoms with Gasteiger partial charge in [0.15, 0.2) is 0 Å². The zero-order chi connectivity index (χ0) is 17.0. The zero-order valence-corrected chi connectivity index (χ0v) is 14.1. The van der Waals surface area contributed by atoms with Crippen LogP contribution in [0.15, 0.2) is 18.2 Å². The van der Waals surface area contributed by atoms with E-state index in [1.165, 1.54) is 0 Å². The van der Waals surface area contributed by atoms with Gasteiger partial charge >= 0.3 is 0 Å². The Labute approximate surface area is 136 Å². The van der Waals surface area contributed by atoms with Gasteiger partial charge in [0.25, 0.3) is 0 Å². The van der Waals surface area contributed by atoms with Crippen LogP contribution < -0.4 is 15.0 Å². The summed E-state index contributed by atoms with van der Waals surface area (Å²) in [5.74, 6) is 0.432. The molecule has 1 aromatic carbocycles. The molecule has 2 rings (SSSR count). The molecular weight excluding hydrogens is 296 g/mol. The van der Waals surface area contributed by atoms with E-state index in [0.29, 0.717) is 36.9 Å². The lowest BCUT2D eigenvalue weighted by atomic mass is 9.93. The first-order valence-electron chi connectivity index (χ1n) is 7.85. The molecule has 0 bridgehead atoms. The lowest BCUT2D eigenvalue weighted by Gasteiger charge is -2.27. The van der Waals surface area contributed by atoms with Crippen LogP contribution in [0.3, 0.4) is 0 Å². The number of carbonyl (C=O) groups is 2. The van der Waals surface area contributed by atoms with Crippen LogP contribution in [0, 0.1) is 5.41 Å². The second-order valence-corrected chi connectivity index (χ2v) is 6.09. The fourth-order valence-electron chi connectivity index (χ4n) is 2.43. The number of benzene rings is 1. The van der Waals surface area contributed by atoms with E-state index in [-0.39, 0.29) is 18.4 Å². The Morgan fingerprint density at radius 2 is 2.13 bits per heavy atom. The van der Waals surface area contributed by atoms with Crippen molar-refractivity contribution in [1.29, 1.82) is 0 Å². The molecule has 0 aliphatic carbocycles. The Morgan fingerprint density at radius 1 is 1.39 bits per heavy atom. The summed E-state index contributed by atoms with van der Waals surface area (Å²) in [6.45, 7) is 8.85. The number of anilines is 2. The quantitative estimate of drug-likeness (QED) is 0.905. The summed E-state index contributed by atoms with van der Waals surface area (Å²) in [5, 5.41) is 2.77. The van der Waals surface area contributed by atoms with Crippen LogP contribution >= 0.6 is 0 Å². The van der Waals surface area contributed by atoms with Crippen molar-refractivity contribution in [3.63, 3.8) is 0 Å². The van der Waals surface area contributed by atoms with Crippen molar-refractivity contribution >= 4 is 23.2 Å². The molecule has 0 saturated heterocycles. The first-order valence-corrected chi connectivity index (χ1v) is 7.85. The topological polar surface area (TPSA) is 67.9 Å². The molecule has 1 N–H and O–H groups in total. The van der Waals surface area contributed by atoms with E-state index in [0.717, 1.165) is 0 Å². The summed E-state index contributed by atoms with van der Waals surface area (Å²) in [7, 11) is 0. The predicted molar refractivity (Wildman–Crippen MR) is 88.9 cm³/mol. The van der Waals surface area contributed by atoms with Gasteiger partial charge in [-0.15, -0.1) is 0 Å². The number of carbonyl (C=O) groups excluding carboxylic acids is 2. The molecule has 0 atom stereocenters. The molecule has 0 radical (unpaired) electrons. The number of nitrogens with zero attached hydrogens (tertiary/aromatic N) is 1. The van der Waals surface area contributed by atoms with Crippen molar-refractivity contribution in [1.82, 2.24) is 0 Å². The number of nitrogens with one attached hydrogen (secondary N) is 1. The van der Waals surface area contributed by atoms with Gasteiger partial charge in [0.1, 0.15) is 19.0 Å². The number of fused-ring (bicyclic) bond motifs is 1. The van der Waals surface area contributed by atoms with Gasteiger partial charge < -0.3 is 19.7 Å². The fraction of sp³-hybridized carbons (Fsp3) is 0.529. The van der Waals surface area contributed by atoms with Crippen molar-refractivity contribution < 1.29 is 19.1 Å². The van der Waals surface area contributed by atoms with Gasteiger partial charge in [0.05, 0.1) is 11.1 Å². The number of rotatable bonds is 5. The summed E-state index contributed by atoms with van der Waals surface area (Å²) in [6, 6.07) is 5.31. The highest BCUT2D eigenvalue weighted by Gasteiger charge is 2.37. The molecule has 6 nitrogen and oxygen atoms in total. The van der Waals surface area contributed by atoms with Gasteiger partial charge in [-0.1, -0.05) is 0 Å². The second-order valence-electron chi connectivity index (χ2n) is 6.09. The van der Waals surface area contributed by atoms with E-state index in [2.05, 4.69) is 5.32 Å². The van der Waals surface area contributed by atoms with Gasteiger partial charge in [-0.25, -0.2) is 0 Å². The first kappa shape index (κ1) is 17.3. The monoisotopic (exact) mass is 320 g/mol. The second kappa shape index (κ2) is 7.00. The third-order valence-corrected chi connectivity index (χ3v) is 3.70. The van der Waals surface area contributed by atoms with Crippen molar-refractivity contribution in [2.24, 2.45) is 5.41 Å². The Kier molecular flexibility index (Phi) is 5.26.